The third-order valence-electron chi connectivity index (χ3n) is 5.65. The number of ketones is 1. The second-order valence-corrected chi connectivity index (χ2v) is 8.06. The van der Waals surface area contributed by atoms with Gasteiger partial charge >= 0.3 is 5.91 Å². The molecular weight excluding hydrogens is 406 g/mol. The Morgan fingerprint density at radius 3 is 2.41 bits per heavy atom. The van der Waals surface area contributed by atoms with Gasteiger partial charge in [0.05, 0.1) is 16.6 Å². The molecule has 1 unspecified atom stereocenters. The average Bonchev–Trinajstić information content (AvgIpc) is 3.44. The molecule has 2 aromatic carbocycles. The number of amides is 1. The second kappa shape index (κ2) is 7.23. The van der Waals surface area contributed by atoms with E-state index in [1.54, 1.807) is 31.2 Å². The Bertz CT molecular complexity index is 1410. The standard InChI is InChI=1S/C25H21N3O4/c1-13-4-8-16(9-5-13)22(29)20-21(19-11-7-15(3)32-19)28(24(31)23(20)30)25-26-17-10-6-14(2)12-18(17)27-25/h4-12,21,29H,1-3H3,(H,26,27)/b22-20+. The number of anilines is 1. The van der Waals surface area contributed by atoms with Crippen LogP contribution >= 0.6 is 0 Å². The zero-order valence-electron chi connectivity index (χ0n) is 17.8. The van der Waals surface area contributed by atoms with E-state index in [1.165, 1.54) is 4.90 Å². The van der Waals surface area contributed by atoms with Crippen LogP contribution in [-0.4, -0.2) is 26.8 Å². The van der Waals surface area contributed by atoms with Gasteiger partial charge in [-0.1, -0.05) is 35.9 Å². The van der Waals surface area contributed by atoms with Crippen molar-refractivity contribution in [3.05, 3.63) is 88.4 Å². The minimum atomic E-state index is -0.952. The number of carbonyl (C=O) groups is 2. The molecule has 1 aliphatic heterocycles. The predicted octanol–water partition coefficient (Wildman–Crippen LogP) is 4.71. The van der Waals surface area contributed by atoms with Crippen LogP contribution in [0.25, 0.3) is 16.8 Å². The molecular formula is C25H21N3O4. The van der Waals surface area contributed by atoms with E-state index in [-0.39, 0.29) is 17.3 Å². The summed E-state index contributed by atoms with van der Waals surface area (Å²) >= 11 is 0. The Morgan fingerprint density at radius 1 is 1.00 bits per heavy atom. The first-order valence-corrected chi connectivity index (χ1v) is 10.2. The summed E-state index contributed by atoms with van der Waals surface area (Å²) in [4.78, 5) is 35.2. The van der Waals surface area contributed by atoms with Gasteiger partial charge in [0.15, 0.2) is 0 Å². The number of rotatable bonds is 3. The first-order chi connectivity index (χ1) is 15.3. The first kappa shape index (κ1) is 19.8. The Kier molecular flexibility index (Phi) is 4.48. The average molecular weight is 427 g/mol. The minimum Gasteiger partial charge on any atom is -0.507 e. The summed E-state index contributed by atoms with van der Waals surface area (Å²) in [7, 11) is 0. The highest BCUT2D eigenvalue weighted by Crippen LogP contribution is 2.42. The third kappa shape index (κ3) is 3.10. The van der Waals surface area contributed by atoms with Crippen molar-refractivity contribution in [3.63, 3.8) is 0 Å². The fraction of sp³-hybridized carbons (Fsp3) is 0.160. The highest BCUT2D eigenvalue weighted by molar-refractivity contribution is 6.51. The number of aryl methyl sites for hydroxylation is 3. The largest absolute Gasteiger partial charge is 0.507 e. The van der Waals surface area contributed by atoms with E-state index >= 15 is 0 Å². The Balaban J connectivity index is 1.72. The topological polar surface area (TPSA) is 99.4 Å². The summed E-state index contributed by atoms with van der Waals surface area (Å²) in [6.07, 6.45) is 0. The quantitative estimate of drug-likeness (QED) is 0.280. The number of carbonyl (C=O) groups excluding carboxylic acids is 2. The minimum absolute atomic E-state index is 0.0372. The predicted molar refractivity (Wildman–Crippen MR) is 120 cm³/mol. The van der Waals surface area contributed by atoms with Crippen molar-refractivity contribution in [3.8, 4) is 0 Å². The van der Waals surface area contributed by atoms with Gasteiger partial charge in [-0.2, -0.15) is 0 Å². The lowest BCUT2D eigenvalue weighted by molar-refractivity contribution is -0.132. The van der Waals surface area contributed by atoms with Gasteiger partial charge in [0.1, 0.15) is 23.3 Å². The number of hydrogen-bond donors (Lipinski definition) is 2. The molecule has 160 valence electrons. The number of furan rings is 1. The van der Waals surface area contributed by atoms with Crippen molar-refractivity contribution in [1.82, 2.24) is 9.97 Å². The van der Waals surface area contributed by atoms with Crippen molar-refractivity contribution in [2.45, 2.75) is 26.8 Å². The van der Waals surface area contributed by atoms with Gasteiger partial charge in [-0.25, -0.2) is 4.98 Å². The van der Waals surface area contributed by atoms with Gasteiger partial charge in [0, 0.05) is 5.56 Å². The van der Waals surface area contributed by atoms with E-state index in [0.29, 0.717) is 22.6 Å². The van der Waals surface area contributed by atoms with E-state index in [4.69, 9.17) is 4.42 Å². The fourth-order valence-corrected chi connectivity index (χ4v) is 4.01. The molecule has 0 saturated carbocycles. The smallest absolute Gasteiger partial charge is 0.302 e. The molecule has 4 aromatic rings. The number of aromatic amines is 1. The molecule has 1 saturated heterocycles. The maximum absolute atomic E-state index is 13.2. The molecule has 0 bridgehead atoms. The van der Waals surface area contributed by atoms with Gasteiger partial charge in [-0.05, 0) is 50.6 Å². The van der Waals surface area contributed by atoms with Gasteiger partial charge in [0.2, 0.25) is 5.95 Å². The molecule has 7 heteroatoms. The van der Waals surface area contributed by atoms with Crippen LogP contribution in [-0.2, 0) is 9.59 Å². The van der Waals surface area contributed by atoms with Crippen LogP contribution in [0, 0.1) is 20.8 Å². The number of aliphatic hydroxyl groups is 1. The number of Topliss-reactive ketones (excluding diaryl/α,β-unsaturated/α-hetero) is 1. The number of benzene rings is 2. The van der Waals surface area contributed by atoms with Crippen molar-refractivity contribution in [1.29, 1.82) is 0 Å². The lowest BCUT2D eigenvalue weighted by Crippen LogP contribution is -2.30. The molecule has 1 aliphatic rings. The number of aliphatic hydroxyl groups excluding tert-OH is 1. The van der Waals surface area contributed by atoms with Gasteiger partial charge in [0.25, 0.3) is 5.78 Å². The van der Waals surface area contributed by atoms with Crippen molar-refractivity contribution in [2.75, 3.05) is 4.90 Å². The monoisotopic (exact) mass is 427 g/mol. The fourth-order valence-electron chi connectivity index (χ4n) is 4.01. The summed E-state index contributed by atoms with van der Waals surface area (Å²) < 4.78 is 5.81. The maximum Gasteiger partial charge on any atom is 0.302 e. The molecule has 2 N–H and O–H groups in total. The third-order valence-corrected chi connectivity index (χ3v) is 5.65. The zero-order valence-corrected chi connectivity index (χ0v) is 17.8. The van der Waals surface area contributed by atoms with Crippen molar-refractivity contribution in [2.24, 2.45) is 0 Å². The number of nitrogens with zero attached hydrogens (tertiary/aromatic N) is 2. The molecule has 5 rings (SSSR count). The SMILES string of the molecule is Cc1ccc(/C(O)=C2\C(=O)C(=O)N(c3nc4ccc(C)cc4[nH]3)C2c2ccc(C)o2)cc1. The van der Waals surface area contributed by atoms with Gasteiger partial charge in [-0.15, -0.1) is 0 Å². The van der Waals surface area contributed by atoms with Crippen molar-refractivity contribution >= 4 is 34.4 Å². The lowest BCUT2D eigenvalue weighted by Gasteiger charge is -2.20. The molecule has 3 heterocycles. The van der Waals surface area contributed by atoms with E-state index in [0.717, 1.165) is 16.6 Å². The molecule has 0 spiro atoms. The molecule has 1 atom stereocenters. The number of aromatic nitrogens is 2. The van der Waals surface area contributed by atoms with Crippen LogP contribution in [0.15, 0.2) is 64.6 Å². The van der Waals surface area contributed by atoms with E-state index < -0.39 is 17.7 Å². The summed E-state index contributed by atoms with van der Waals surface area (Å²) in [6.45, 7) is 5.66. The Labute approximate surface area is 184 Å². The van der Waals surface area contributed by atoms with Crippen molar-refractivity contribution < 1.29 is 19.1 Å². The van der Waals surface area contributed by atoms with E-state index in [1.807, 2.05) is 44.2 Å². The van der Waals surface area contributed by atoms with Crippen LogP contribution in [0.2, 0.25) is 0 Å². The molecule has 7 nitrogen and oxygen atoms in total. The molecule has 2 aromatic heterocycles. The molecule has 0 radical (unpaired) electrons. The lowest BCUT2D eigenvalue weighted by atomic mass is 9.99. The molecule has 0 aliphatic carbocycles. The van der Waals surface area contributed by atoms with Crippen LogP contribution in [0.4, 0.5) is 5.95 Å². The second-order valence-electron chi connectivity index (χ2n) is 8.06. The van der Waals surface area contributed by atoms with Gasteiger partial charge < -0.3 is 14.5 Å². The summed E-state index contributed by atoms with van der Waals surface area (Å²) in [5, 5.41) is 11.1. The van der Waals surface area contributed by atoms with Crippen LogP contribution in [0.3, 0.4) is 0 Å². The number of hydrogen-bond acceptors (Lipinski definition) is 5. The highest BCUT2D eigenvalue weighted by atomic mass is 16.3. The van der Waals surface area contributed by atoms with E-state index in [9.17, 15) is 14.7 Å². The first-order valence-electron chi connectivity index (χ1n) is 10.2. The van der Waals surface area contributed by atoms with Gasteiger partial charge in [-0.3, -0.25) is 14.5 Å². The number of H-pyrrole nitrogens is 1. The molecule has 32 heavy (non-hydrogen) atoms. The molecule has 1 amide bonds. The van der Waals surface area contributed by atoms with Crippen LogP contribution < -0.4 is 4.90 Å². The summed E-state index contributed by atoms with van der Waals surface area (Å²) in [6, 6.07) is 15.3. The van der Waals surface area contributed by atoms with E-state index in [2.05, 4.69) is 9.97 Å². The van der Waals surface area contributed by atoms with Crippen LogP contribution in [0.5, 0.6) is 0 Å². The van der Waals surface area contributed by atoms with Crippen LogP contribution in [0.1, 0.15) is 34.3 Å². The summed E-state index contributed by atoms with van der Waals surface area (Å²) in [5.74, 6) is -0.619. The number of fused-ring (bicyclic) bond motifs is 1. The zero-order chi connectivity index (χ0) is 22.6. The normalized spacial score (nSPS) is 18.1. The highest BCUT2D eigenvalue weighted by Gasteiger charge is 2.49. The maximum atomic E-state index is 13.2. The number of imidazole rings is 1. The molecule has 1 fully saturated rings. The Morgan fingerprint density at radius 2 is 1.72 bits per heavy atom. The number of nitrogens with one attached hydrogen (secondary N) is 1. The Hall–Kier alpha value is -4.13. The summed E-state index contributed by atoms with van der Waals surface area (Å²) in [5.41, 5.74) is 3.87.